The molecule has 2 rings (SSSR count). The van der Waals surface area contributed by atoms with E-state index >= 15 is 0 Å². The van der Waals surface area contributed by atoms with Crippen molar-refractivity contribution in [2.24, 2.45) is 11.8 Å². The minimum atomic E-state index is 0.838. The third kappa shape index (κ3) is 2.22. The van der Waals surface area contributed by atoms with Crippen molar-refractivity contribution in [2.45, 2.75) is 66.2 Å². The van der Waals surface area contributed by atoms with E-state index in [-0.39, 0.29) is 0 Å². The molecule has 0 heterocycles. The summed E-state index contributed by atoms with van der Waals surface area (Å²) in [6.07, 6.45) is 12.9. The number of rotatable bonds is 3. The Labute approximate surface area is 113 Å². The van der Waals surface area contributed by atoms with Crippen molar-refractivity contribution in [1.29, 1.82) is 0 Å². The fourth-order valence-electron chi connectivity index (χ4n) is 4.10. The Balaban J connectivity index is 2.39. The summed E-state index contributed by atoms with van der Waals surface area (Å²) in [5.41, 5.74) is 6.59. The quantitative estimate of drug-likeness (QED) is 0.587. The van der Waals surface area contributed by atoms with Gasteiger partial charge in [0.2, 0.25) is 0 Å². The fraction of sp³-hybridized carbons (Fsp3) is 0.667. The highest BCUT2D eigenvalue weighted by Crippen LogP contribution is 2.51. The number of hydrogen-bond acceptors (Lipinski definition) is 0. The van der Waals surface area contributed by atoms with Gasteiger partial charge < -0.3 is 0 Å². The third-order valence-corrected chi connectivity index (χ3v) is 4.90. The molecule has 0 amide bonds. The van der Waals surface area contributed by atoms with E-state index < -0.39 is 0 Å². The van der Waals surface area contributed by atoms with Gasteiger partial charge in [-0.15, -0.1) is 0 Å². The maximum atomic E-state index is 2.40. The molecular weight excluding hydrogens is 216 g/mol. The molecule has 2 atom stereocenters. The van der Waals surface area contributed by atoms with Gasteiger partial charge in [-0.25, -0.2) is 0 Å². The Morgan fingerprint density at radius 1 is 1.17 bits per heavy atom. The third-order valence-electron chi connectivity index (χ3n) is 4.90. The molecule has 0 aliphatic heterocycles. The van der Waals surface area contributed by atoms with E-state index in [0.717, 1.165) is 11.8 Å². The molecule has 100 valence electrons. The fourth-order valence-corrected chi connectivity index (χ4v) is 4.10. The summed E-state index contributed by atoms with van der Waals surface area (Å²) in [5, 5.41) is 0. The molecule has 0 radical (unpaired) electrons. The number of allylic oxidation sites excluding steroid dienone is 6. The molecule has 0 heteroatoms. The highest BCUT2D eigenvalue weighted by Gasteiger charge is 2.37. The normalized spacial score (nSPS) is 31.1. The zero-order valence-corrected chi connectivity index (χ0v) is 12.6. The van der Waals surface area contributed by atoms with E-state index in [0.29, 0.717) is 0 Å². The lowest BCUT2D eigenvalue weighted by molar-refractivity contribution is 0.328. The summed E-state index contributed by atoms with van der Waals surface area (Å²) in [5.74, 6) is 1.69. The molecule has 0 saturated heterocycles. The van der Waals surface area contributed by atoms with Gasteiger partial charge in [0.05, 0.1) is 0 Å². The van der Waals surface area contributed by atoms with Crippen molar-refractivity contribution < 1.29 is 0 Å². The minimum Gasteiger partial charge on any atom is -0.0838 e. The lowest BCUT2D eigenvalue weighted by atomic mass is 9.77. The molecular formula is C18H28. The lowest BCUT2D eigenvalue weighted by Crippen LogP contribution is -2.16. The zero-order chi connectivity index (χ0) is 13.1. The van der Waals surface area contributed by atoms with Crippen LogP contribution in [0, 0.1) is 11.8 Å². The topological polar surface area (TPSA) is 0 Å². The maximum absolute atomic E-state index is 2.40. The first-order valence-corrected chi connectivity index (χ1v) is 7.77. The van der Waals surface area contributed by atoms with Crippen molar-refractivity contribution in [3.63, 3.8) is 0 Å². The SMILES string of the molecule is C/C=C(/CCC)C1=C(C)C2CCCCC2/C1=C/C. The van der Waals surface area contributed by atoms with E-state index in [2.05, 4.69) is 39.8 Å². The summed E-state index contributed by atoms with van der Waals surface area (Å²) in [7, 11) is 0. The molecule has 18 heavy (non-hydrogen) atoms. The Morgan fingerprint density at radius 3 is 2.39 bits per heavy atom. The van der Waals surface area contributed by atoms with Crippen LogP contribution in [0.25, 0.3) is 0 Å². The van der Waals surface area contributed by atoms with E-state index in [1.165, 1.54) is 38.5 Å². The molecule has 0 N–H and O–H groups in total. The predicted octanol–water partition coefficient (Wildman–Crippen LogP) is 5.82. The van der Waals surface area contributed by atoms with Crippen LogP contribution in [0.3, 0.4) is 0 Å². The van der Waals surface area contributed by atoms with Crippen molar-refractivity contribution >= 4 is 0 Å². The van der Waals surface area contributed by atoms with Crippen molar-refractivity contribution in [2.75, 3.05) is 0 Å². The first kappa shape index (κ1) is 13.6. The highest BCUT2D eigenvalue weighted by molar-refractivity contribution is 5.55. The summed E-state index contributed by atoms with van der Waals surface area (Å²) in [4.78, 5) is 0. The van der Waals surface area contributed by atoms with Crippen LogP contribution in [0.1, 0.15) is 66.2 Å². The second kappa shape index (κ2) is 5.91. The predicted molar refractivity (Wildman–Crippen MR) is 80.6 cm³/mol. The average molecular weight is 244 g/mol. The molecule has 2 aliphatic carbocycles. The van der Waals surface area contributed by atoms with Gasteiger partial charge in [-0.2, -0.15) is 0 Å². The van der Waals surface area contributed by atoms with Gasteiger partial charge in [-0.05, 0) is 68.6 Å². The van der Waals surface area contributed by atoms with E-state index in [1.807, 2.05) is 0 Å². The van der Waals surface area contributed by atoms with Crippen LogP contribution in [-0.4, -0.2) is 0 Å². The maximum Gasteiger partial charge on any atom is -0.00934 e. The molecule has 2 aliphatic rings. The number of hydrogen-bond donors (Lipinski definition) is 0. The Hall–Kier alpha value is -0.780. The van der Waals surface area contributed by atoms with Crippen LogP contribution in [-0.2, 0) is 0 Å². The second-order valence-electron chi connectivity index (χ2n) is 5.86. The molecule has 0 spiro atoms. The standard InChI is InChI=1S/C18H28/c1-5-10-14(6-2)18-13(4)16-11-8-9-12-17(16)15(18)7-3/h6-7,16-17H,5,8-12H2,1-4H3/b14-6-,15-7-. The summed E-state index contributed by atoms with van der Waals surface area (Å²) in [6.45, 7) is 9.13. The van der Waals surface area contributed by atoms with Crippen LogP contribution in [0.4, 0.5) is 0 Å². The van der Waals surface area contributed by atoms with Crippen LogP contribution in [0.5, 0.6) is 0 Å². The Bertz CT molecular complexity index is 392. The molecule has 2 unspecified atom stereocenters. The zero-order valence-electron chi connectivity index (χ0n) is 12.6. The Kier molecular flexibility index (Phi) is 4.48. The molecule has 1 fully saturated rings. The molecule has 1 saturated carbocycles. The molecule has 0 aromatic carbocycles. The minimum absolute atomic E-state index is 0.838. The second-order valence-corrected chi connectivity index (χ2v) is 5.86. The van der Waals surface area contributed by atoms with E-state index in [9.17, 15) is 0 Å². The molecule has 0 bridgehead atoms. The lowest BCUT2D eigenvalue weighted by Gasteiger charge is -2.27. The van der Waals surface area contributed by atoms with Gasteiger partial charge in [0, 0.05) is 0 Å². The largest absolute Gasteiger partial charge is 0.0838 e. The highest BCUT2D eigenvalue weighted by atomic mass is 14.4. The van der Waals surface area contributed by atoms with Crippen LogP contribution in [0.2, 0.25) is 0 Å². The first-order chi connectivity index (χ1) is 8.74. The van der Waals surface area contributed by atoms with Gasteiger partial charge in [0.15, 0.2) is 0 Å². The monoisotopic (exact) mass is 244 g/mol. The van der Waals surface area contributed by atoms with E-state index in [4.69, 9.17) is 0 Å². The summed E-state index contributed by atoms with van der Waals surface area (Å²) < 4.78 is 0. The van der Waals surface area contributed by atoms with E-state index in [1.54, 1.807) is 22.3 Å². The smallest absolute Gasteiger partial charge is 0.00934 e. The summed E-state index contributed by atoms with van der Waals surface area (Å²) >= 11 is 0. The van der Waals surface area contributed by atoms with Gasteiger partial charge in [-0.3, -0.25) is 0 Å². The summed E-state index contributed by atoms with van der Waals surface area (Å²) in [6, 6.07) is 0. The first-order valence-electron chi connectivity index (χ1n) is 7.77. The van der Waals surface area contributed by atoms with Crippen LogP contribution >= 0.6 is 0 Å². The van der Waals surface area contributed by atoms with Crippen molar-refractivity contribution in [3.8, 4) is 0 Å². The van der Waals surface area contributed by atoms with Gasteiger partial charge in [-0.1, -0.05) is 43.9 Å². The van der Waals surface area contributed by atoms with Crippen LogP contribution in [0.15, 0.2) is 34.4 Å². The molecule has 0 aromatic heterocycles. The van der Waals surface area contributed by atoms with Crippen molar-refractivity contribution in [1.82, 2.24) is 0 Å². The molecule has 0 nitrogen and oxygen atoms in total. The molecule has 0 aromatic rings. The number of fused-ring (bicyclic) bond motifs is 1. The average Bonchev–Trinajstić information content (AvgIpc) is 2.69. The van der Waals surface area contributed by atoms with Crippen LogP contribution < -0.4 is 0 Å². The Morgan fingerprint density at radius 2 is 1.83 bits per heavy atom. The van der Waals surface area contributed by atoms with Gasteiger partial charge >= 0.3 is 0 Å². The van der Waals surface area contributed by atoms with Gasteiger partial charge in [0.25, 0.3) is 0 Å². The van der Waals surface area contributed by atoms with Crippen molar-refractivity contribution in [3.05, 3.63) is 34.4 Å². The van der Waals surface area contributed by atoms with Gasteiger partial charge in [0.1, 0.15) is 0 Å².